The SMILES string of the molecule is CCN1C(=O)[C@H]2[C@H](CC=C3[C@H]2C[C@@]2(Cl)C(=O)N(CBr)C(=O)[C@@]2(Cl)[C@H]3c2cc(Cl)c(O)c(OC)c2)C1=O. The highest BCUT2D eigenvalue weighted by molar-refractivity contribution is 9.09. The van der Waals surface area contributed by atoms with Gasteiger partial charge < -0.3 is 9.84 Å². The highest BCUT2D eigenvalue weighted by Gasteiger charge is 2.76. The van der Waals surface area contributed by atoms with Crippen molar-refractivity contribution in [1.82, 2.24) is 9.80 Å². The van der Waals surface area contributed by atoms with E-state index in [1.54, 1.807) is 6.92 Å². The summed E-state index contributed by atoms with van der Waals surface area (Å²) in [6.07, 6.45) is 2.03. The van der Waals surface area contributed by atoms with Crippen molar-refractivity contribution in [3.8, 4) is 11.5 Å². The second-order valence-electron chi connectivity index (χ2n) is 9.46. The predicted molar refractivity (Wildman–Crippen MR) is 135 cm³/mol. The van der Waals surface area contributed by atoms with Gasteiger partial charge in [0.2, 0.25) is 11.8 Å². The van der Waals surface area contributed by atoms with Crippen molar-refractivity contribution in [3.63, 3.8) is 0 Å². The zero-order chi connectivity index (χ0) is 26.3. The van der Waals surface area contributed by atoms with E-state index in [0.717, 1.165) is 4.90 Å². The van der Waals surface area contributed by atoms with Crippen LogP contribution in [0.5, 0.6) is 11.5 Å². The Morgan fingerprint density at radius 1 is 1.11 bits per heavy atom. The van der Waals surface area contributed by atoms with Gasteiger partial charge in [0.05, 0.1) is 29.4 Å². The molecule has 8 nitrogen and oxygen atoms in total. The third-order valence-corrected chi connectivity index (χ3v) is 10.2. The molecule has 2 aliphatic heterocycles. The van der Waals surface area contributed by atoms with Crippen molar-refractivity contribution in [2.45, 2.75) is 35.4 Å². The number of rotatable bonds is 4. The van der Waals surface area contributed by atoms with Crippen LogP contribution in [0.2, 0.25) is 5.02 Å². The van der Waals surface area contributed by atoms with Crippen LogP contribution >= 0.6 is 50.7 Å². The molecule has 4 aliphatic rings. The molecule has 1 N–H and O–H groups in total. The van der Waals surface area contributed by atoms with Gasteiger partial charge in [-0.3, -0.25) is 29.0 Å². The van der Waals surface area contributed by atoms with Gasteiger partial charge in [0.15, 0.2) is 21.2 Å². The molecule has 0 unspecified atom stereocenters. The summed E-state index contributed by atoms with van der Waals surface area (Å²) in [4.78, 5) is 52.0. The lowest BCUT2D eigenvalue weighted by atomic mass is 9.56. The molecule has 2 aliphatic carbocycles. The quantitative estimate of drug-likeness (QED) is 0.238. The van der Waals surface area contributed by atoms with Gasteiger partial charge in [0, 0.05) is 12.5 Å². The summed E-state index contributed by atoms with van der Waals surface area (Å²) < 4.78 is 5.28. The molecule has 2 heterocycles. The lowest BCUT2D eigenvalue weighted by Crippen LogP contribution is -2.60. The monoisotopic (exact) mass is 618 g/mol. The fourth-order valence-electron chi connectivity index (χ4n) is 6.42. The van der Waals surface area contributed by atoms with E-state index in [1.165, 1.54) is 24.1 Å². The second-order valence-corrected chi connectivity index (χ2v) is 11.6. The van der Waals surface area contributed by atoms with Crippen molar-refractivity contribution in [3.05, 3.63) is 34.4 Å². The largest absolute Gasteiger partial charge is 0.503 e. The molecule has 0 aromatic heterocycles. The minimum absolute atomic E-state index is 0.0420. The number of nitrogens with zero attached hydrogens (tertiary/aromatic N) is 2. The summed E-state index contributed by atoms with van der Waals surface area (Å²) in [7, 11) is 1.35. The summed E-state index contributed by atoms with van der Waals surface area (Å²) in [6.45, 7) is 1.97. The van der Waals surface area contributed by atoms with Crippen molar-refractivity contribution >= 4 is 74.4 Å². The standard InChI is InChI=1S/C24H22BrCl3N2O6/c1-3-29-19(32)12-5-4-11-13(16(12)20(29)33)8-23(27)21(34)30(9-25)22(35)24(23,28)17(11)10-6-14(26)18(31)15(7-10)36-2/h4,6-7,12-13,16-17,31H,3,5,8-9H2,1-2H3/t12-,13+,16-,17-,23+,24-/m0/s1. The molecule has 4 amide bonds. The molecular formula is C24H22BrCl3N2O6. The smallest absolute Gasteiger partial charge is 0.254 e. The topological polar surface area (TPSA) is 104 Å². The fourth-order valence-corrected chi connectivity index (χ4v) is 8.06. The first-order chi connectivity index (χ1) is 17.0. The number of fused-ring (bicyclic) bond motifs is 4. The molecule has 12 heteroatoms. The maximum atomic E-state index is 13.7. The number of amides is 4. The van der Waals surface area contributed by atoms with Crippen LogP contribution in [-0.4, -0.2) is 67.4 Å². The van der Waals surface area contributed by atoms with Gasteiger partial charge in [-0.1, -0.05) is 39.2 Å². The summed E-state index contributed by atoms with van der Waals surface area (Å²) in [5.74, 6) is -5.07. The number of hydrogen-bond acceptors (Lipinski definition) is 6. The Hall–Kier alpha value is -1.81. The number of ether oxygens (including phenoxy) is 1. The first-order valence-electron chi connectivity index (χ1n) is 11.4. The van der Waals surface area contributed by atoms with Crippen LogP contribution in [0.15, 0.2) is 23.8 Å². The summed E-state index contributed by atoms with van der Waals surface area (Å²) >= 11 is 23.8. The molecule has 0 spiro atoms. The number of benzene rings is 1. The first kappa shape index (κ1) is 25.8. The van der Waals surface area contributed by atoms with E-state index >= 15 is 0 Å². The van der Waals surface area contributed by atoms with E-state index in [4.69, 9.17) is 39.5 Å². The number of carbonyl (C=O) groups is 4. The highest BCUT2D eigenvalue weighted by atomic mass is 79.9. The minimum Gasteiger partial charge on any atom is -0.503 e. The van der Waals surface area contributed by atoms with E-state index < -0.39 is 45.2 Å². The van der Waals surface area contributed by atoms with Gasteiger partial charge in [-0.25, -0.2) is 0 Å². The number of carbonyl (C=O) groups excluding carboxylic acids is 4. The van der Waals surface area contributed by atoms with E-state index in [-0.39, 0.29) is 53.2 Å². The molecule has 6 atom stereocenters. The Kier molecular flexibility index (Phi) is 6.18. The average molecular weight is 621 g/mol. The highest BCUT2D eigenvalue weighted by Crippen LogP contribution is 2.66. The molecule has 1 saturated carbocycles. The number of hydrogen-bond donors (Lipinski definition) is 1. The van der Waals surface area contributed by atoms with E-state index in [0.29, 0.717) is 11.1 Å². The lowest BCUT2D eigenvalue weighted by molar-refractivity contribution is -0.141. The van der Waals surface area contributed by atoms with E-state index in [1.807, 2.05) is 6.08 Å². The van der Waals surface area contributed by atoms with Gasteiger partial charge in [0.25, 0.3) is 11.8 Å². The van der Waals surface area contributed by atoms with Crippen LogP contribution in [-0.2, 0) is 19.2 Å². The Bertz CT molecular complexity index is 1260. The van der Waals surface area contributed by atoms with Crippen LogP contribution in [0.1, 0.15) is 31.2 Å². The molecule has 36 heavy (non-hydrogen) atoms. The second kappa shape index (κ2) is 8.61. The third kappa shape index (κ3) is 3.06. The number of imide groups is 2. The van der Waals surface area contributed by atoms with Gasteiger partial charge in [-0.2, -0.15) is 0 Å². The Morgan fingerprint density at radius 2 is 1.81 bits per heavy atom. The molecular weight excluding hydrogens is 599 g/mol. The number of halogens is 4. The molecule has 3 fully saturated rings. The zero-order valence-corrected chi connectivity index (χ0v) is 23.1. The number of methoxy groups -OCH3 is 1. The van der Waals surface area contributed by atoms with Crippen LogP contribution in [0.4, 0.5) is 0 Å². The maximum Gasteiger partial charge on any atom is 0.254 e. The fraction of sp³-hybridized carbons (Fsp3) is 0.500. The Morgan fingerprint density at radius 3 is 2.42 bits per heavy atom. The number of phenolic OH excluding ortho intramolecular Hbond substituents is 1. The van der Waals surface area contributed by atoms with E-state index in [9.17, 15) is 24.3 Å². The first-order valence-corrected chi connectivity index (χ1v) is 13.6. The normalized spacial score (nSPS) is 35.6. The summed E-state index contributed by atoms with van der Waals surface area (Å²) in [5, 5.41) is 10.3. The lowest BCUT2D eigenvalue weighted by Gasteiger charge is -2.50. The van der Waals surface area contributed by atoms with E-state index in [2.05, 4.69) is 15.9 Å². The number of alkyl halides is 3. The molecule has 192 valence electrons. The molecule has 0 radical (unpaired) electrons. The van der Waals surface area contributed by atoms with Crippen molar-refractivity contribution in [1.29, 1.82) is 0 Å². The number of allylic oxidation sites excluding steroid dienone is 2. The van der Waals surface area contributed by atoms with Crippen molar-refractivity contribution in [2.24, 2.45) is 17.8 Å². The molecule has 1 aromatic carbocycles. The number of aromatic hydroxyl groups is 1. The number of likely N-dealkylation sites (tertiary alicyclic amines) is 2. The van der Waals surface area contributed by atoms with Crippen LogP contribution < -0.4 is 4.74 Å². The Labute approximate surface area is 230 Å². The molecule has 0 bridgehead atoms. The Balaban J connectivity index is 1.77. The van der Waals surface area contributed by atoms with Crippen molar-refractivity contribution in [2.75, 3.05) is 19.1 Å². The predicted octanol–water partition coefficient (Wildman–Crippen LogP) is 3.79. The van der Waals surface area contributed by atoms with Crippen LogP contribution in [0.3, 0.4) is 0 Å². The average Bonchev–Trinajstić information content (AvgIpc) is 3.18. The zero-order valence-electron chi connectivity index (χ0n) is 19.3. The third-order valence-electron chi connectivity index (χ3n) is 8.03. The molecule has 1 aromatic rings. The number of phenols is 1. The summed E-state index contributed by atoms with van der Waals surface area (Å²) in [6, 6.07) is 2.95. The van der Waals surface area contributed by atoms with Gasteiger partial charge in [-0.15, -0.1) is 23.2 Å². The van der Waals surface area contributed by atoms with Crippen LogP contribution in [0, 0.1) is 17.8 Å². The van der Waals surface area contributed by atoms with Crippen molar-refractivity contribution < 1.29 is 29.0 Å². The van der Waals surface area contributed by atoms with Gasteiger partial charge in [0.1, 0.15) is 0 Å². The molecule has 5 rings (SSSR count). The van der Waals surface area contributed by atoms with Crippen LogP contribution in [0.25, 0.3) is 0 Å². The summed E-state index contributed by atoms with van der Waals surface area (Å²) in [5.41, 5.74) is 0.922. The molecule has 2 saturated heterocycles. The van der Waals surface area contributed by atoms with Gasteiger partial charge >= 0.3 is 0 Å². The minimum atomic E-state index is -1.95. The maximum absolute atomic E-state index is 13.7. The van der Waals surface area contributed by atoms with Gasteiger partial charge in [-0.05, 0) is 43.4 Å².